The Morgan fingerprint density at radius 3 is 2.58 bits per heavy atom. The van der Waals surface area contributed by atoms with E-state index in [0.717, 1.165) is 8.14 Å². The van der Waals surface area contributed by atoms with Gasteiger partial charge in [-0.15, -0.1) is 0 Å². The van der Waals surface area contributed by atoms with E-state index in [1.165, 1.54) is 0 Å². The maximum atomic E-state index is 13.3. The first-order chi connectivity index (χ1) is 15.8. The fourth-order valence-electron chi connectivity index (χ4n) is 3.43. The Morgan fingerprint density at radius 2 is 1.97 bits per heavy atom. The van der Waals surface area contributed by atoms with Crippen molar-refractivity contribution in [2.45, 2.75) is 26.3 Å². The molecule has 1 heterocycles. The van der Waals surface area contributed by atoms with E-state index in [9.17, 15) is 14.7 Å². The fraction of sp³-hybridized carbons (Fsp3) is 0.304. The van der Waals surface area contributed by atoms with Crippen molar-refractivity contribution in [3.8, 4) is 22.9 Å². The van der Waals surface area contributed by atoms with Gasteiger partial charge in [0.2, 0.25) is 11.8 Å². The maximum absolute atomic E-state index is 13.3. The van der Waals surface area contributed by atoms with Gasteiger partial charge in [-0.05, 0) is 71.0 Å². The normalized spacial score (nSPS) is 12.9. The number of rotatable bonds is 9. The van der Waals surface area contributed by atoms with E-state index in [-0.39, 0.29) is 30.7 Å². The van der Waals surface area contributed by atoms with Crippen molar-refractivity contribution >= 4 is 45.8 Å². The van der Waals surface area contributed by atoms with Crippen LogP contribution >= 0.6 is 34.2 Å². The van der Waals surface area contributed by atoms with Crippen LogP contribution < -0.4 is 15.7 Å². The number of nitrogens with zero attached hydrogens (tertiary/aromatic N) is 1. The lowest BCUT2D eigenvalue weighted by Gasteiger charge is -2.24. The number of carbonyl (C=O) groups is 1. The van der Waals surface area contributed by atoms with Crippen LogP contribution in [0.1, 0.15) is 26.3 Å². The zero-order chi connectivity index (χ0) is 24.1. The molecule has 4 N–H and O–H groups in total. The third-order valence-corrected chi connectivity index (χ3v) is 6.31. The molecule has 10 heteroatoms. The minimum atomic E-state index is -0.963. The van der Waals surface area contributed by atoms with Crippen LogP contribution in [-0.2, 0) is 4.79 Å². The summed E-state index contributed by atoms with van der Waals surface area (Å²) in [4.78, 5) is 28.8. The number of imidazole rings is 1. The molecule has 0 bridgehead atoms. The molecule has 33 heavy (non-hydrogen) atoms. The van der Waals surface area contributed by atoms with Crippen molar-refractivity contribution in [1.29, 1.82) is 0 Å². The van der Waals surface area contributed by atoms with Gasteiger partial charge in [0.1, 0.15) is 24.1 Å². The Bertz CT molecular complexity index is 1180. The van der Waals surface area contributed by atoms with E-state index in [4.69, 9.17) is 21.4 Å². The third kappa shape index (κ3) is 5.71. The van der Waals surface area contributed by atoms with Gasteiger partial charge in [-0.1, -0.05) is 31.9 Å². The maximum Gasteiger partial charge on any atom is 0.329 e. The number of hydrogen-bond acceptors (Lipinski definition) is 5. The van der Waals surface area contributed by atoms with E-state index in [1.807, 2.05) is 19.9 Å². The van der Waals surface area contributed by atoms with Crippen molar-refractivity contribution in [1.82, 2.24) is 9.55 Å². The minimum absolute atomic E-state index is 0.106. The lowest BCUT2D eigenvalue weighted by molar-refractivity contribution is -0.120. The largest absolute Gasteiger partial charge is 0.493 e. The van der Waals surface area contributed by atoms with Gasteiger partial charge in [-0.2, -0.15) is 0 Å². The number of nitrogens with one attached hydrogen (secondary N) is 2. The molecule has 1 amide bonds. The van der Waals surface area contributed by atoms with Crippen LogP contribution in [0.5, 0.6) is 11.6 Å². The molecule has 0 radical (unpaired) electrons. The number of aromatic hydroxyl groups is 1. The summed E-state index contributed by atoms with van der Waals surface area (Å²) >= 11 is 8.38. The van der Waals surface area contributed by atoms with Crippen LogP contribution in [0.2, 0.25) is 5.02 Å². The molecule has 1 aromatic heterocycles. The number of aliphatic hydroxyl groups is 1. The number of carbonyl (C=O) groups excluding carboxylic acids is 1. The second-order valence-electron chi connectivity index (χ2n) is 7.54. The van der Waals surface area contributed by atoms with Gasteiger partial charge in [0.15, 0.2) is 0 Å². The van der Waals surface area contributed by atoms with E-state index in [0.29, 0.717) is 28.4 Å². The highest BCUT2D eigenvalue weighted by atomic mass is 127. The van der Waals surface area contributed by atoms with Crippen LogP contribution in [0.25, 0.3) is 11.3 Å². The standard InChI is InChI=1S/C23H25ClIN3O5/c1-3-13(2)20(21(30)26-18-9-6-15(25)12-17(18)24)28-22(31)19(27-23(28)32)14-4-7-16(8-5-14)33-11-10-29/h4-9,12-13,20,29,31H,3,10-11H2,1-2H3,(H,26,30)(H,27,32)/t13-,20-/m0/s1. The van der Waals surface area contributed by atoms with E-state index < -0.39 is 17.6 Å². The predicted molar refractivity (Wildman–Crippen MR) is 136 cm³/mol. The third-order valence-electron chi connectivity index (χ3n) is 5.32. The van der Waals surface area contributed by atoms with Crippen LogP contribution in [0.15, 0.2) is 47.3 Å². The van der Waals surface area contributed by atoms with Crippen LogP contribution in [0.4, 0.5) is 5.69 Å². The molecule has 0 spiro atoms. The molecule has 0 aliphatic rings. The van der Waals surface area contributed by atoms with Gasteiger partial charge in [0, 0.05) is 9.13 Å². The second kappa shape index (κ2) is 11.1. The summed E-state index contributed by atoms with van der Waals surface area (Å²) in [5.41, 5.74) is 0.570. The van der Waals surface area contributed by atoms with Gasteiger partial charge in [0.25, 0.3) is 0 Å². The zero-order valence-corrected chi connectivity index (χ0v) is 21.1. The summed E-state index contributed by atoms with van der Waals surface area (Å²) < 4.78 is 7.34. The van der Waals surface area contributed by atoms with Gasteiger partial charge < -0.3 is 25.3 Å². The number of anilines is 1. The monoisotopic (exact) mass is 585 g/mol. The molecule has 2 atom stereocenters. The molecular weight excluding hydrogens is 561 g/mol. The SMILES string of the molecule is CC[C@H](C)[C@@H](C(=O)Nc1ccc(I)cc1Cl)n1c(O)c(-c2ccc(OCCO)cc2)[nH]c1=O. The average molecular weight is 586 g/mol. The summed E-state index contributed by atoms with van der Waals surface area (Å²) in [6.45, 7) is 3.80. The van der Waals surface area contributed by atoms with Gasteiger partial charge >= 0.3 is 5.69 Å². The number of amides is 1. The quantitative estimate of drug-likeness (QED) is 0.278. The van der Waals surface area contributed by atoms with Crippen molar-refractivity contribution in [2.75, 3.05) is 18.5 Å². The van der Waals surface area contributed by atoms with Crippen LogP contribution in [0, 0.1) is 9.49 Å². The number of benzene rings is 2. The highest BCUT2D eigenvalue weighted by molar-refractivity contribution is 14.1. The second-order valence-corrected chi connectivity index (χ2v) is 9.19. The first kappa shape index (κ1) is 25.1. The Kier molecular flexibility index (Phi) is 8.44. The van der Waals surface area contributed by atoms with Crippen LogP contribution in [-0.4, -0.2) is 38.9 Å². The van der Waals surface area contributed by atoms with Crippen LogP contribution in [0.3, 0.4) is 0 Å². The molecule has 2 aromatic carbocycles. The van der Waals surface area contributed by atoms with Crippen molar-refractivity contribution in [3.05, 3.63) is 61.5 Å². The zero-order valence-electron chi connectivity index (χ0n) is 18.1. The lowest BCUT2D eigenvalue weighted by Crippen LogP contribution is -2.36. The highest BCUT2D eigenvalue weighted by Gasteiger charge is 2.32. The van der Waals surface area contributed by atoms with E-state index in [1.54, 1.807) is 36.4 Å². The molecule has 176 valence electrons. The minimum Gasteiger partial charge on any atom is -0.493 e. The van der Waals surface area contributed by atoms with Gasteiger partial charge in [-0.25, -0.2) is 9.36 Å². The molecule has 0 saturated heterocycles. The number of H-pyrrole nitrogens is 1. The van der Waals surface area contributed by atoms with Crippen molar-refractivity contribution < 1.29 is 19.7 Å². The van der Waals surface area contributed by atoms with Gasteiger partial charge in [0.05, 0.1) is 17.3 Å². The summed E-state index contributed by atoms with van der Waals surface area (Å²) in [6, 6.07) is 10.9. The smallest absolute Gasteiger partial charge is 0.329 e. The number of ether oxygens (including phenoxy) is 1. The van der Waals surface area contributed by atoms with E-state index >= 15 is 0 Å². The Morgan fingerprint density at radius 1 is 1.27 bits per heavy atom. The molecule has 8 nitrogen and oxygen atoms in total. The first-order valence-corrected chi connectivity index (χ1v) is 11.9. The summed E-state index contributed by atoms with van der Waals surface area (Å²) in [5, 5.41) is 23.0. The molecule has 0 saturated carbocycles. The molecule has 3 rings (SSSR count). The molecular formula is C23H25ClIN3O5. The highest BCUT2D eigenvalue weighted by Crippen LogP contribution is 2.33. The molecule has 0 aliphatic carbocycles. The number of aliphatic hydroxyl groups excluding tert-OH is 1. The summed E-state index contributed by atoms with van der Waals surface area (Å²) in [6.07, 6.45) is 0.599. The first-order valence-electron chi connectivity index (χ1n) is 10.4. The Hall–Kier alpha value is -2.50. The molecule has 0 fully saturated rings. The molecule has 0 aliphatic heterocycles. The number of halogens is 2. The summed E-state index contributed by atoms with van der Waals surface area (Å²) in [7, 11) is 0. The summed E-state index contributed by atoms with van der Waals surface area (Å²) in [5.74, 6) is -0.504. The topological polar surface area (TPSA) is 117 Å². The van der Waals surface area contributed by atoms with Crippen molar-refractivity contribution in [3.63, 3.8) is 0 Å². The lowest BCUT2D eigenvalue weighted by atomic mass is 9.98. The molecule has 0 unspecified atom stereocenters. The number of aromatic amines is 1. The predicted octanol–water partition coefficient (Wildman–Crippen LogP) is 4.40. The number of aromatic nitrogens is 2. The fourth-order valence-corrected chi connectivity index (χ4v) is 4.33. The Balaban J connectivity index is 1.96. The molecule has 3 aromatic rings. The van der Waals surface area contributed by atoms with Gasteiger partial charge in [-0.3, -0.25) is 4.79 Å². The van der Waals surface area contributed by atoms with Crippen molar-refractivity contribution in [2.24, 2.45) is 5.92 Å². The number of hydrogen-bond donors (Lipinski definition) is 4. The Labute approximate surface area is 209 Å². The van der Waals surface area contributed by atoms with E-state index in [2.05, 4.69) is 32.9 Å². The average Bonchev–Trinajstić information content (AvgIpc) is 3.08.